The lowest BCUT2D eigenvalue weighted by Gasteiger charge is -2.16. The summed E-state index contributed by atoms with van der Waals surface area (Å²) in [4.78, 5) is 11.4. The zero-order valence-electron chi connectivity index (χ0n) is 11.2. The van der Waals surface area contributed by atoms with Gasteiger partial charge in [0.2, 0.25) is 0 Å². The van der Waals surface area contributed by atoms with E-state index >= 15 is 0 Å². The number of halogens is 3. The molecule has 0 atom stereocenters. The number of carbonyl (C=O) groups is 1. The summed E-state index contributed by atoms with van der Waals surface area (Å²) in [5.74, 6) is -2.66. The summed E-state index contributed by atoms with van der Waals surface area (Å²) in [5.41, 5.74) is -0.770. The summed E-state index contributed by atoms with van der Waals surface area (Å²) < 4.78 is 44.7. The number of alkyl halides is 2. The van der Waals surface area contributed by atoms with Crippen molar-refractivity contribution in [3.63, 3.8) is 0 Å². The molecule has 0 fully saturated rings. The minimum Gasteiger partial charge on any atom is -0.507 e. The zero-order valence-corrected chi connectivity index (χ0v) is 11.2. The normalized spacial score (nSPS) is 11.6. The number of benzene rings is 2. The molecule has 0 aromatic heterocycles. The number of carbonyl (C=O) groups excluding carboxylic acids is 1. The maximum atomic E-state index is 13.7. The van der Waals surface area contributed by atoms with Crippen LogP contribution >= 0.6 is 0 Å². The largest absolute Gasteiger partial charge is 0.507 e. The zero-order chi connectivity index (χ0) is 16.2. The van der Waals surface area contributed by atoms with Crippen LogP contribution in [0.4, 0.5) is 13.2 Å². The number of hydrogen-bond acceptors (Lipinski definition) is 3. The van der Waals surface area contributed by atoms with E-state index in [2.05, 4.69) is 4.74 Å². The average molecular weight is 308 g/mol. The summed E-state index contributed by atoms with van der Waals surface area (Å²) in [5, 5.41) is 9.47. The highest BCUT2D eigenvalue weighted by Gasteiger charge is 2.38. The van der Waals surface area contributed by atoms with Gasteiger partial charge in [0, 0.05) is 11.6 Å². The Morgan fingerprint density at radius 3 is 2.41 bits per heavy atom. The van der Waals surface area contributed by atoms with Gasteiger partial charge in [-0.3, -0.25) is 0 Å². The van der Waals surface area contributed by atoms with Crippen molar-refractivity contribution in [1.82, 2.24) is 0 Å². The molecule has 0 aliphatic heterocycles. The molecule has 6 heteroatoms. The van der Waals surface area contributed by atoms with E-state index in [0.717, 1.165) is 24.3 Å². The lowest BCUT2D eigenvalue weighted by atomic mass is 10.2. The second-order valence-electron chi connectivity index (χ2n) is 4.31. The van der Waals surface area contributed by atoms with Gasteiger partial charge in [0.15, 0.2) is 0 Å². The summed E-state index contributed by atoms with van der Waals surface area (Å²) in [6.45, 7) is 0. The lowest BCUT2D eigenvalue weighted by molar-refractivity contribution is -0.236. The van der Waals surface area contributed by atoms with E-state index in [1.54, 1.807) is 12.1 Å². The van der Waals surface area contributed by atoms with E-state index in [9.17, 15) is 23.1 Å². The molecule has 0 heterocycles. The Labute approximate surface area is 124 Å². The number of phenols is 1. The first-order valence-electron chi connectivity index (χ1n) is 6.22. The van der Waals surface area contributed by atoms with E-state index in [4.69, 9.17) is 0 Å². The second-order valence-corrected chi connectivity index (χ2v) is 4.31. The highest BCUT2D eigenvalue weighted by atomic mass is 19.3. The molecule has 0 saturated heterocycles. The van der Waals surface area contributed by atoms with Crippen molar-refractivity contribution in [1.29, 1.82) is 0 Å². The van der Waals surface area contributed by atoms with Crippen LogP contribution in [0.5, 0.6) is 5.75 Å². The predicted molar refractivity (Wildman–Crippen MR) is 73.5 cm³/mol. The van der Waals surface area contributed by atoms with Crippen LogP contribution in [0.3, 0.4) is 0 Å². The van der Waals surface area contributed by atoms with Crippen LogP contribution in [0.1, 0.15) is 11.1 Å². The van der Waals surface area contributed by atoms with Gasteiger partial charge in [-0.25, -0.2) is 9.18 Å². The molecule has 114 valence electrons. The van der Waals surface area contributed by atoms with Crippen LogP contribution in [0.2, 0.25) is 0 Å². The molecular weight excluding hydrogens is 297 g/mol. The average Bonchev–Trinajstić information content (AvgIpc) is 2.46. The van der Waals surface area contributed by atoms with Gasteiger partial charge in [-0.2, -0.15) is 8.78 Å². The Hall–Kier alpha value is -2.76. The third kappa shape index (κ3) is 3.66. The Morgan fingerprint density at radius 1 is 1.09 bits per heavy atom. The summed E-state index contributed by atoms with van der Waals surface area (Å²) >= 11 is 0. The molecule has 2 aromatic rings. The lowest BCUT2D eigenvalue weighted by Crippen LogP contribution is -2.22. The topological polar surface area (TPSA) is 46.5 Å². The highest BCUT2D eigenvalue weighted by Crippen LogP contribution is 2.31. The minimum atomic E-state index is -4.09. The molecule has 0 bridgehead atoms. The van der Waals surface area contributed by atoms with E-state index in [0.29, 0.717) is 0 Å². The van der Waals surface area contributed by atoms with Crippen molar-refractivity contribution in [3.8, 4) is 5.75 Å². The smallest absolute Gasteiger partial charge is 0.431 e. The van der Waals surface area contributed by atoms with Crippen molar-refractivity contribution in [2.75, 3.05) is 0 Å². The van der Waals surface area contributed by atoms with Crippen molar-refractivity contribution >= 4 is 12.0 Å². The fourth-order valence-electron chi connectivity index (χ4n) is 1.70. The Bertz CT molecular complexity index is 711. The SMILES string of the molecule is O=C(C=Cc1ccccc1O)OC(F)(F)c1ccccc1F. The number of hydrogen-bond donors (Lipinski definition) is 1. The molecule has 2 aromatic carbocycles. The van der Waals surface area contributed by atoms with Gasteiger partial charge < -0.3 is 9.84 Å². The molecule has 0 unspecified atom stereocenters. The van der Waals surface area contributed by atoms with E-state index in [-0.39, 0.29) is 11.3 Å². The van der Waals surface area contributed by atoms with E-state index in [1.807, 2.05) is 0 Å². The Balaban J connectivity index is 2.12. The van der Waals surface area contributed by atoms with Crippen LogP contribution in [-0.2, 0) is 15.6 Å². The second kappa shape index (κ2) is 6.34. The fraction of sp³-hybridized carbons (Fsp3) is 0.0625. The van der Waals surface area contributed by atoms with Crippen molar-refractivity contribution < 1.29 is 27.8 Å². The van der Waals surface area contributed by atoms with E-state index < -0.39 is 23.5 Å². The van der Waals surface area contributed by atoms with Crippen LogP contribution in [0.25, 0.3) is 6.08 Å². The molecule has 2 rings (SSSR count). The molecule has 0 amide bonds. The molecule has 0 aliphatic rings. The first kappa shape index (κ1) is 15.6. The molecule has 0 aliphatic carbocycles. The van der Waals surface area contributed by atoms with Gasteiger partial charge in [0.25, 0.3) is 0 Å². The molecular formula is C16H11F3O3. The monoisotopic (exact) mass is 308 g/mol. The van der Waals surface area contributed by atoms with Crippen LogP contribution in [0, 0.1) is 5.82 Å². The third-order valence-electron chi connectivity index (χ3n) is 2.75. The maximum absolute atomic E-state index is 13.7. The number of phenolic OH excluding ortho intramolecular Hbond substituents is 1. The quantitative estimate of drug-likeness (QED) is 0.689. The third-order valence-corrected chi connectivity index (χ3v) is 2.75. The molecule has 22 heavy (non-hydrogen) atoms. The van der Waals surface area contributed by atoms with Gasteiger partial charge in [0.1, 0.15) is 17.1 Å². The predicted octanol–water partition coefficient (Wildman–Crippen LogP) is 3.84. The van der Waals surface area contributed by atoms with Crippen molar-refractivity contribution in [3.05, 3.63) is 71.6 Å². The summed E-state index contributed by atoms with van der Waals surface area (Å²) in [6.07, 6.45) is -2.25. The van der Waals surface area contributed by atoms with Gasteiger partial charge >= 0.3 is 12.1 Å². The van der Waals surface area contributed by atoms with Gasteiger partial charge in [-0.05, 0) is 24.3 Å². The van der Waals surface area contributed by atoms with Gasteiger partial charge in [-0.1, -0.05) is 30.3 Å². The highest BCUT2D eigenvalue weighted by molar-refractivity contribution is 5.87. The number of para-hydroxylation sites is 1. The molecule has 0 spiro atoms. The number of esters is 1. The van der Waals surface area contributed by atoms with Crippen LogP contribution in [-0.4, -0.2) is 11.1 Å². The first-order chi connectivity index (χ1) is 10.4. The Morgan fingerprint density at radius 2 is 1.73 bits per heavy atom. The summed E-state index contributed by atoms with van der Waals surface area (Å²) in [7, 11) is 0. The van der Waals surface area contributed by atoms with E-state index in [1.165, 1.54) is 24.3 Å². The maximum Gasteiger partial charge on any atom is 0.431 e. The number of aromatic hydroxyl groups is 1. The molecule has 0 saturated carbocycles. The minimum absolute atomic E-state index is 0.118. The first-order valence-corrected chi connectivity index (χ1v) is 6.22. The van der Waals surface area contributed by atoms with Crippen molar-refractivity contribution in [2.45, 2.75) is 6.11 Å². The Kier molecular flexibility index (Phi) is 4.50. The molecule has 3 nitrogen and oxygen atoms in total. The number of rotatable bonds is 4. The van der Waals surface area contributed by atoms with Crippen LogP contribution < -0.4 is 0 Å². The van der Waals surface area contributed by atoms with Crippen molar-refractivity contribution in [2.24, 2.45) is 0 Å². The molecule has 0 radical (unpaired) electrons. The number of ether oxygens (including phenoxy) is 1. The van der Waals surface area contributed by atoms with Gasteiger partial charge in [0.05, 0.1) is 0 Å². The standard InChI is InChI=1S/C16H11F3O3/c17-13-7-3-2-6-12(13)16(18,19)22-15(21)10-9-11-5-1-4-8-14(11)20/h1-10,20H. The fourth-order valence-corrected chi connectivity index (χ4v) is 1.70. The van der Waals surface area contributed by atoms with Gasteiger partial charge in [-0.15, -0.1) is 0 Å². The molecule has 1 N–H and O–H groups in total. The van der Waals surface area contributed by atoms with Crippen LogP contribution in [0.15, 0.2) is 54.6 Å². The summed E-state index contributed by atoms with van der Waals surface area (Å²) in [6, 6.07) is 10.1.